The Morgan fingerprint density at radius 1 is 1.06 bits per heavy atom. The van der Waals surface area contributed by atoms with Crippen LogP contribution >= 0.6 is 11.6 Å². The van der Waals surface area contributed by atoms with E-state index in [1.807, 2.05) is 50.2 Å². The van der Waals surface area contributed by atoms with Crippen molar-refractivity contribution in [1.29, 1.82) is 0 Å². The van der Waals surface area contributed by atoms with E-state index >= 15 is 0 Å². The zero-order valence-electron chi connectivity index (χ0n) is 20.6. The van der Waals surface area contributed by atoms with Crippen molar-refractivity contribution in [3.63, 3.8) is 0 Å². The molecule has 1 fully saturated rings. The first kappa shape index (κ1) is 24.5. The lowest BCUT2D eigenvalue weighted by Crippen LogP contribution is -2.36. The van der Waals surface area contributed by atoms with Gasteiger partial charge in [0.2, 0.25) is 5.91 Å². The number of anilines is 1. The molecule has 1 saturated heterocycles. The average Bonchev–Trinajstić information content (AvgIpc) is 3.28. The molecule has 1 atom stereocenters. The summed E-state index contributed by atoms with van der Waals surface area (Å²) in [5.74, 6) is 0.170. The summed E-state index contributed by atoms with van der Waals surface area (Å²) in [6, 6.07) is 21.0. The summed E-state index contributed by atoms with van der Waals surface area (Å²) < 4.78 is 13.8. The fraction of sp³-hybridized carbons (Fsp3) is 0.300. The maximum absolute atomic E-state index is 13.8. The van der Waals surface area contributed by atoms with Gasteiger partial charge >= 0.3 is 0 Å². The van der Waals surface area contributed by atoms with E-state index in [0.717, 1.165) is 48.1 Å². The predicted molar refractivity (Wildman–Crippen MR) is 145 cm³/mol. The van der Waals surface area contributed by atoms with Crippen molar-refractivity contribution in [3.8, 4) is 0 Å². The molecule has 1 aliphatic heterocycles. The molecule has 3 aromatic carbocycles. The summed E-state index contributed by atoms with van der Waals surface area (Å²) in [7, 11) is 0. The third-order valence-electron chi connectivity index (χ3n) is 7.20. The molecular weight excluding hydrogens is 473 g/mol. The van der Waals surface area contributed by atoms with Crippen molar-refractivity contribution in [2.75, 3.05) is 18.4 Å². The standard InChI is InChI=1S/C30H31ClFN3O/c1-19(2)30(36)34-25-5-3-4-22(16-25)20-12-14-35(15-13-20)29(21-6-9-24(32)10-7-21)27-18-33-28-17-23(31)8-11-26(27)28/h3-11,16-20,29,33H,12-15H2,1-2H3,(H,34,36). The summed E-state index contributed by atoms with van der Waals surface area (Å²) in [4.78, 5) is 18.0. The number of piperidine rings is 1. The number of likely N-dealkylation sites (tertiary alicyclic amines) is 1. The molecular formula is C30H31ClFN3O. The number of benzene rings is 3. The fourth-order valence-corrected chi connectivity index (χ4v) is 5.40. The lowest BCUT2D eigenvalue weighted by molar-refractivity contribution is -0.118. The number of amides is 1. The maximum atomic E-state index is 13.8. The van der Waals surface area contributed by atoms with E-state index in [9.17, 15) is 9.18 Å². The van der Waals surface area contributed by atoms with E-state index in [2.05, 4.69) is 39.6 Å². The number of H-pyrrole nitrogens is 1. The number of carbonyl (C=O) groups is 1. The highest BCUT2D eigenvalue weighted by molar-refractivity contribution is 6.31. The smallest absolute Gasteiger partial charge is 0.226 e. The average molecular weight is 504 g/mol. The van der Waals surface area contributed by atoms with Gasteiger partial charge in [-0.15, -0.1) is 0 Å². The molecule has 0 bridgehead atoms. The second kappa shape index (κ2) is 10.5. The molecule has 1 aliphatic rings. The predicted octanol–water partition coefficient (Wildman–Crippen LogP) is 7.52. The Bertz CT molecular complexity index is 1360. The van der Waals surface area contributed by atoms with Gasteiger partial charge in [0.25, 0.3) is 0 Å². The molecule has 1 unspecified atom stereocenters. The molecule has 1 amide bonds. The van der Waals surface area contributed by atoms with Gasteiger partial charge in [0.15, 0.2) is 0 Å². The quantitative estimate of drug-likeness (QED) is 0.286. The van der Waals surface area contributed by atoms with Gasteiger partial charge in [0.05, 0.1) is 6.04 Å². The SMILES string of the molecule is CC(C)C(=O)Nc1cccc(C2CCN(C(c3ccc(F)cc3)c3c[nH]c4cc(Cl)ccc34)CC2)c1. The van der Waals surface area contributed by atoms with Crippen LogP contribution in [0.3, 0.4) is 0 Å². The van der Waals surface area contributed by atoms with Crippen LogP contribution in [0.25, 0.3) is 10.9 Å². The second-order valence-electron chi connectivity index (χ2n) is 9.97. The first-order chi connectivity index (χ1) is 17.4. The first-order valence-corrected chi connectivity index (χ1v) is 12.9. The van der Waals surface area contributed by atoms with Crippen LogP contribution in [0.15, 0.2) is 72.9 Å². The van der Waals surface area contributed by atoms with Crippen LogP contribution in [0.2, 0.25) is 5.02 Å². The topological polar surface area (TPSA) is 48.1 Å². The molecule has 2 heterocycles. The van der Waals surface area contributed by atoms with Gasteiger partial charge in [0.1, 0.15) is 5.82 Å². The van der Waals surface area contributed by atoms with Gasteiger partial charge in [-0.2, -0.15) is 0 Å². The number of nitrogens with one attached hydrogen (secondary N) is 2. The molecule has 4 aromatic rings. The van der Waals surface area contributed by atoms with E-state index < -0.39 is 0 Å². The van der Waals surface area contributed by atoms with Crippen molar-refractivity contribution >= 4 is 34.1 Å². The van der Waals surface area contributed by atoms with Gasteiger partial charge in [-0.3, -0.25) is 9.69 Å². The molecule has 5 rings (SSSR count). The number of halogens is 2. The minimum atomic E-state index is -0.230. The molecule has 1 aromatic heterocycles. The van der Waals surface area contributed by atoms with E-state index in [4.69, 9.17) is 11.6 Å². The Kier molecular flexibility index (Phi) is 7.13. The summed E-state index contributed by atoms with van der Waals surface area (Å²) >= 11 is 6.22. The van der Waals surface area contributed by atoms with Crippen molar-refractivity contribution < 1.29 is 9.18 Å². The highest BCUT2D eigenvalue weighted by Gasteiger charge is 2.30. The molecule has 0 radical (unpaired) electrons. The van der Waals surface area contributed by atoms with Crippen molar-refractivity contribution in [1.82, 2.24) is 9.88 Å². The number of fused-ring (bicyclic) bond motifs is 1. The van der Waals surface area contributed by atoms with Crippen LogP contribution in [0.4, 0.5) is 10.1 Å². The zero-order chi connectivity index (χ0) is 25.2. The van der Waals surface area contributed by atoms with Crippen LogP contribution in [-0.2, 0) is 4.79 Å². The molecule has 36 heavy (non-hydrogen) atoms. The monoisotopic (exact) mass is 503 g/mol. The van der Waals surface area contributed by atoms with Gasteiger partial charge in [-0.1, -0.05) is 55.8 Å². The van der Waals surface area contributed by atoms with Gasteiger partial charge < -0.3 is 10.3 Å². The molecule has 4 nitrogen and oxygen atoms in total. The lowest BCUT2D eigenvalue weighted by atomic mass is 9.87. The zero-order valence-corrected chi connectivity index (χ0v) is 21.4. The number of carbonyl (C=O) groups excluding carboxylic acids is 1. The van der Waals surface area contributed by atoms with Crippen LogP contribution in [0, 0.1) is 11.7 Å². The molecule has 2 N–H and O–H groups in total. The van der Waals surface area contributed by atoms with Crippen LogP contribution < -0.4 is 5.32 Å². The highest BCUT2D eigenvalue weighted by Crippen LogP contribution is 2.39. The summed E-state index contributed by atoms with van der Waals surface area (Å²) in [6.45, 7) is 5.62. The van der Waals surface area contributed by atoms with Crippen molar-refractivity contribution in [3.05, 3.63) is 100 Å². The number of hydrogen-bond acceptors (Lipinski definition) is 2. The van der Waals surface area contributed by atoms with E-state index in [1.165, 1.54) is 23.3 Å². The number of aromatic amines is 1. The minimum absolute atomic E-state index is 0.0122. The second-order valence-corrected chi connectivity index (χ2v) is 10.4. The summed E-state index contributed by atoms with van der Waals surface area (Å²) in [5.41, 5.74) is 5.36. The Morgan fingerprint density at radius 3 is 2.53 bits per heavy atom. The highest BCUT2D eigenvalue weighted by atomic mass is 35.5. The van der Waals surface area contributed by atoms with Crippen LogP contribution in [-0.4, -0.2) is 28.9 Å². The molecule has 0 spiro atoms. The largest absolute Gasteiger partial charge is 0.361 e. The number of rotatable bonds is 6. The molecule has 0 saturated carbocycles. The van der Waals surface area contributed by atoms with Gasteiger partial charge in [0, 0.05) is 33.7 Å². The van der Waals surface area contributed by atoms with Crippen molar-refractivity contribution in [2.24, 2.45) is 5.92 Å². The first-order valence-electron chi connectivity index (χ1n) is 12.6. The molecule has 186 valence electrons. The van der Waals surface area contributed by atoms with Crippen LogP contribution in [0.1, 0.15) is 55.3 Å². The fourth-order valence-electron chi connectivity index (χ4n) is 5.23. The molecule has 6 heteroatoms. The third-order valence-corrected chi connectivity index (χ3v) is 7.44. The normalized spacial score (nSPS) is 15.9. The Morgan fingerprint density at radius 2 is 1.81 bits per heavy atom. The maximum Gasteiger partial charge on any atom is 0.226 e. The minimum Gasteiger partial charge on any atom is -0.361 e. The van der Waals surface area contributed by atoms with Gasteiger partial charge in [-0.05, 0) is 84.9 Å². The molecule has 0 aliphatic carbocycles. The Labute approximate surface area is 216 Å². The number of hydrogen-bond donors (Lipinski definition) is 2. The summed E-state index contributed by atoms with van der Waals surface area (Å²) in [5, 5.41) is 4.85. The van der Waals surface area contributed by atoms with E-state index in [1.54, 1.807) is 0 Å². The van der Waals surface area contributed by atoms with E-state index in [0.29, 0.717) is 10.9 Å². The lowest BCUT2D eigenvalue weighted by Gasteiger charge is -2.38. The van der Waals surface area contributed by atoms with Crippen molar-refractivity contribution in [2.45, 2.75) is 38.6 Å². The number of nitrogens with zero attached hydrogens (tertiary/aromatic N) is 1. The Hall–Kier alpha value is -3.15. The van der Waals surface area contributed by atoms with Crippen LogP contribution in [0.5, 0.6) is 0 Å². The summed E-state index contributed by atoms with van der Waals surface area (Å²) in [6.07, 6.45) is 4.07. The third kappa shape index (κ3) is 5.18. The van der Waals surface area contributed by atoms with Gasteiger partial charge in [-0.25, -0.2) is 4.39 Å². The van der Waals surface area contributed by atoms with E-state index in [-0.39, 0.29) is 23.7 Å². The number of aromatic nitrogens is 1. The Balaban J connectivity index is 1.39.